The SMILES string of the molecule is O=S(=O)(Nc1ccc2[nH]ncc2c1)c1cncc(Br)c1. The lowest BCUT2D eigenvalue weighted by atomic mass is 10.2. The number of nitrogens with zero attached hydrogens (tertiary/aromatic N) is 2. The molecule has 102 valence electrons. The van der Waals surface area contributed by atoms with Crippen molar-refractivity contribution in [3.8, 4) is 0 Å². The Hall–Kier alpha value is -1.93. The molecule has 0 spiro atoms. The molecule has 0 amide bonds. The maximum absolute atomic E-state index is 12.2. The summed E-state index contributed by atoms with van der Waals surface area (Å²) in [6.07, 6.45) is 4.45. The summed E-state index contributed by atoms with van der Waals surface area (Å²) in [4.78, 5) is 3.95. The average Bonchev–Trinajstić information content (AvgIpc) is 2.85. The van der Waals surface area contributed by atoms with Gasteiger partial charge in [-0.3, -0.25) is 14.8 Å². The van der Waals surface area contributed by atoms with Gasteiger partial charge in [-0.2, -0.15) is 5.10 Å². The third-order valence-corrected chi connectivity index (χ3v) is 4.46. The second-order valence-corrected chi connectivity index (χ2v) is 6.71. The third-order valence-electron chi connectivity index (χ3n) is 2.68. The van der Waals surface area contributed by atoms with Gasteiger partial charge in [0.05, 0.1) is 11.7 Å². The van der Waals surface area contributed by atoms with Gasteiger partial charge in [-0.15, -0.1) is 0 Å². The lowest BCUT2D eigenvalue weighted by molar-refractivity contribution is 0.600. The number of aromatic nitrogens is 3. The van der Waals surface area contributed by atoms with Crippen LogP contribution in [0, 0.1) is 0 Å². The minimum atomic E-state index is -3.66. The summed E-state index contributed by atoms with van der Waals surface area (Å²) in [7, 11) is -3.66. The Kier molecular flexibility index (Phi) is 3.19. The van der Waals surface area contributed by atoms with Crippen LogP contribution in [-0.2, 0) is 10.0 Å². The lowest BCUT2D eigenvalue weighted by Crippen LogP contribution is -2.13. The molecule has 0 bridgehead atoms. The number of nitrogens with one attached hydrogen (secondary N) is 2. The summed E-state index contributed by atoms with van der Waals surface area (Å²) >= 11 is 3.20. The molecule has 0 aliphatic rings. The van der Waals surface area contributed by atoms with Crippen LogP contribution >= 0.6 is 15.9 Å². The highest BCUT2D eigenvalue weighted by Crippen LogP contribution is 2.21. The summed E-state index contributed by atoms with van der Waals surface area (Å²) in [5, 5.41) is 7.53. The Morgan fingerprint density at radius 2 is 2.00 bits per heavy atom. The molecule has 0 radical (unpaired) electrons. The molecule has 3 rings (SSSR count). The zero-order chi connectivity index (χ0) is 14.2. The fourth-order valence-corrected chi connectivity index (χ4v) is 3.31. The molecule has 0 unspecified atom stereocenters. The van der Waals surface area contributed by atoms with Crippen LogP contribution in [0.3, 0.4) is 0 Å². The van der Waals surface area contributed by atoms with Crippen molar-refractivity contribution in [1.29, 1.82) is 0 Å². The predicted octanol–water partition coefficient (Wildman–Crippen LogP) is 2.52. The van der Waals surface area contributed by atoms with Gasteiger partial charge in [0.15, 0.2) is 0 Å². The van der Waals surface area contributed by atoms with Crippen LogP contribution in [0.4, 0.5) is 5.69 Å². The van der Waals surface area contributed by atoms with Crippen LogP contribution in [0.5, 0.6) is 0 Å². The van der Waals surface area contributed by atoms with E-state index in [0.717, 1.165) is 10.9 Å². The number of benzene rings is 1. The predicted molar refractivity (Wildman–Crippen MR) is 78.8 cm³/mol. The summed E-state index contributed by atoms with van der Waals surface area (Å²) in [5.74, 6) is 0. The zero-order valence-electron chi connectivity index (χ0n) is 10.0. The highest BCUT2D eigenvalue weighted by atomic mass is 79.9. The Morgan fingerprint density at radius 3 is 2.80 bits per heavy atom. The van der Waals surface area contributed by atoms with E-state index >= 15 is 0 Å². The van der Waals surface area contributed by atoms with Gasteiger partial charge >= 0.3 is 0 Å². The molecule has 0 aliphatic heterocycles. The largest absolute Gasteiger partial charge is 0.280 e. The number of H-pyrrole nitrogens is 1. The van der Waals surface area contributed by atoms with Crippen molar-refractivity contribution >= 4 is 42.5 Å². The summed E-state index contributed by atoms with van der Waals surface area (Å²) in [6.45, 7) is 0. The summed E-state index contributed by atoms with van der Waals surface area (Å²) < 4.78 is 27.6. The van der Waals surface area contributed by atoms with Gasteiger partial charge in [0.1, 0.15) is 4.90 Å². The van der Waals surface area contributed by atoms with E-state index in [-0.39, 0.29) is 4.90 Å². The first-order chi connectivity index (χ1) is 9.54. The van der Waals surface area contributed by atoms with Crippen molar-refractivity contribution in [2.24, 2.45) is 0 Å². The standard InChI is InChI=1S/C12H9BrN4O2S/c13-9-4-11(7-14-6-9)20(18,19)17-10-1-2-12-8(3-10)5-15-16-12/h1-7,17H,(H,15,16). The van der Waals surface area contributed by atoms with Gasteiger partial charge in [-0.05, 0) is 40.2 Å². The van der Waals surface area contributed by atoms with Crippen LogP contribution in [0.2, 0.25) is 0 Å². The van der Waals surface area contributed by atoms with E-state index in [1.54, 1.807) is 24.4 Å². The monoisotopic (exact) mass is 352 g/mol. The van der Waals surface area contributed by atoms with E-state index in [0.29, 0.717) is 10.2 Å². The maximum atomic E-state index is 12.2. The van der Waals surface area contributed by atoms with Crippen LogP contribution in [0.1, 0.15) is 0 Å². The molecule has 6 nitrogen and oxygen atoms in total. The molecular weight excluding hydrogens is 344 g/mol. The molecule has 8 heteroatoms. The number of sulfonamides is 1. The van der Waals surface area contributed by atoms with Gasteiger partial charge in [0.2, 0.25) is 0 Å². The first-order valence-electron chi connectivity index (χ1n) is 5.61. The fraction of sp³-hybridized carbons (Fsp3) is 0. The number of aromatic amines is 1. The topological polar surface area (TPSA) is 87.7 Å². The molecule has 0 aliphatic carbocycles. The van der Waals surface area contributed by atoms with Gasteiger partial charge < -0.3 is 0 Å². The Bertz CT molecular complexity index is 876. The third kappa shape index (κ3) is 2.52. The molecule has 20 heavy (non-hydrogen) atoms. The van der Waals surface area contributed by atoms with Crippen molar-refractivity contribution in [3.05, 3.63) is 47.3 Å². The number of fused-ring (bicyclic) bond motifs is 1. The first-order valence-corrected chi connectivity index (χ1v) is 7.89. The quantitative estimate of drug-likeness (QED) is 0.757. The number of anilines is 1. The average molecular weight is 353 g/mol. The molecule has 2 N–H and O–H groups in total. The number of pyridine rings is 1. The minimum absolute atomic E-state index is 0.0964. The molecule has 2 aromatic heterocycles. The fourth-order valence-electron chi connectivity index (χ4n) is 1.76. The van der Waals surface area contributed by atoms with Crippen molar-refractivity contribution in [3.63, 3.8) is 0 Å². The Morgan fingerprint density at radius 1 is 1.15 bits per heavy atom. The van der Waals surface area contributed by atoms with Gasteiger partial charge in [0, 0.05) is 27.9 Å². The van der Waals surface area contributed by atoms with Crippen molar-refractivity contribution in [2.75, 3.05) is 4.72 Å². The van der Waals surface area contributed by atoms with E-state index in [1.807, 2.05) is 0 Å². The highest BCUT2D eigenvalue weighted by molar-refractivity contribution is 9.10. The molecule has 0 atom stereocenters. The van der Waals surface area contributed by atoms with Gasteiger partial charge in [-0.1, -0.05) is 0 Å². The number of hydrogen-bond donors (Lipinski definition) is 2. The van der Waals surface area contributed by atoms with Crippen LogP contribution in [0.25, 0.3) is 10.9 Å². The normalized spacial score (nSPS) is 11.7. The molecule has 2 heterocycles. The second kappa shape index (κ2) is 4.88. The molecule has 0 saturated carbocycles. The smallest absolute Gasteiger partial charge is 0.263 e. The van der Waals surface area contributed by atoms with E-state index in [4.69, 9.17) is 0 Å². The Labute approximate surface area is 123 Å². The van der Waals surface area contributed by atoms with Crippen LogP contribution in [-0.4, -0.2) is 23.6 Å². The minimum Gasteiger partial charge on any atom is -0.280 e. The first kappa shape index (κ1) is 13.1. The highest BCUT2D eigenvalue weighted by Gasteiger charge is 2.15. The zero-order valence-corrected chi connectivity index (χ0v) is 12.4. The van der Waals surface area contributed by atoms with Crippen LogP contribution < -0.4 is 4.72 Å². The van der Waals surface area contributed by atoms with E-state index < -0.39 is 10.0 Å². The second-order valence-electron chi connectivity index (χ2n) is 4.12. The maximum Gasteiger partial charge on any atom is 0.263 e. The molecule has 3 aromatic rings. The van der Waals surface area contributed by atoms with E-state index in [2.05, 4.69) is 35.8 Å². The summed E-state index contributed by atoms with van der Waals surface area (Å²) in [5.41, 5.74) is 1.32. The van der Waals surface area contributed by atoms with Crippen molar-refractivity contribution < 1.29 is 8.42 Å². The lowest BCUT2D eigenvalue weighted by Gasteiger charge is -2.08. The summed E-state index contributed by atoms with van der Waals surface area (Å²) in [6, 6.07) is 6.64. The number of rotatable bonds is 3. The molecule has 0 fully saturated rings. The van der Waals surface area contributed by atoms with E-state index in [9.17, 15) is 8.42 Å². The Balaban J connectivity index is 1.96. The van der Waals surface area contributed by atoms with Crippen LogP contribution in [0.15, 0.2) is 52.2 Å². The van der Waals surface area contributed by atoms with Gasteiger partial charge in [0.25, 0.3) is 10.0 Å². The number of halogens is 1. The van der Waals surface area contributed by atoms with Crippen molar-refractivity contribution in [1.82, 2.24) is 15.2 Å². The van der Waals surface area contributed by atoms with Gasteiger partial charge in [-0.25, -0.2) is 8.42 Å². The molecular formula is C12H9BrN4O2S. The molecule has 1 aromatic carbocycles. The van der Waals surface area contributed by atoms with Crippen molar-refractivity contribution in [2.45, 2.75) is 4.90 Å². The molecule has 0 saturated heterocycles. The number of hydrogen-bond acceptors (Lipinski definition) is 4. The van der Waals surface area contributed by atoms with E-state index in [1.165, 1.54) is 18.5 Å².